The van der Waals surface area contributed by atoms with Crippen molar-refractivity contribution in [3.8, 4) is 5.75 Å². The third-order valence-electron chi connectivity index (χ3n) is 3.15. The first-order valence-electron chi connectivity index (χ1n) is 6.36. The second kappa shape index (κ2) is 5.21. The zero-order valence-corrected chi connectivity index (χ0v) is 12.5. The van der Waals surface area contributed by atoms with E-state index < -0.39 is 0 Å². The van der Waals surface area contributed by atoms with Crippen LogP contribution in [0.4, 0.5) is 5.69 Å². The van der Waals surface area contributed by atoms with Crippen LogP contribution in [0.2, 0.25) is 0 Å². The Labute approximate surface area is 125 Å². The summed E-state index contributed by atoms with van der Waals surface area (Å²) in [7, 11) is 0. The van der Waals surface area contributed by atoms with Gasteiger partial charge >= 0.3 is 0 Å². The average molecular weight is 332 g/mol. The lowest BCUT2D eigenvalue weighted by molar-refractivity contribution is 0.475. The molecule has 0 saturated carbocycles. The summed E-state index contributed by atoms with van der Waals surface area (Å²) in [6.45, 7) is 2.02. The van der Waals surface area contributed by atoms with Crippen molar-refractivity contribution in [3.05, 3.63) is 58.8 Å². The van der Waals surface area contributed by atoms with Crippen molar-refractivity contribution in [1.82, 2.24) is 0 Å². The van der Waals surface area contributed by atoms with Crippen LogP contribution in [-0.2, 0) is 0 Å². The number of nitrogens with one attached hydrogen (secondary N) is 1. The molecule has 0 aliphatic carbocycles. The van der Waals surface area contributed by atoms with Gasteiger partial charge in [-0.05, 0) is 43.3 Å². The lowest BCUT2D eigenvalue weighted by Crippen LogP contribution is -2.05. The summed E-state index contributed by atoms with van der Waals surface area (Å²) < 4.78 is 6.87. The molecule has 0 fully saturated rings. The fourth-order valence-electron chi connectivity index (χ4n) is 2.16. The van der Waals surface area contributed by atoms with E-state index in [1.54, 1.807) is 18.2 Å². The topological polar surface area (TPSA) is 45.4 Å². The number of phenols is 1. The van der Waals surface area contributed by atoms with Crippen molar-refractivity contribution in [3.63, 3.8) is 0 Å². The van der Waals surface area contributed by atoms with Crippen LogP contribution < -0.4 is 5.32 Å². The predicted molar refractivity (Wildman–Crippen MR) is 84.1 cm³/mol. The minimum atomic E-state index is 0.0166. The summed E-state index contributed by atoms with van der Waals surface area (Å²) in [5.41, 5.74) is 1.73. The number of phenolic OH excluding ortho intramolecular Hbond substituents is 1. The van der Waals surface area contributed by atoms with Crippen LogP contribution in [0.25, 0.3) is 11.0 Å². The molecule has 3 rings (SSSR count). The van der Waals surface area contributed by atoms with Crippen LogP contribution in [0, 0.1) is 0 Å². The van der Waals surface area contributed by atoms with E-state index in [1.807, 2.05) is 37.3 Å². The summed E-state index contributed by atoms with van der Waals surface area (Å²) in [5.74, 6) is 1.11. The zero-order chi connectivity index (χ0) is 14.1. The third-order valence-corrected chi connectivity index (χ3v) is 3.65. The van der Waals surface area contributed by atoms with E-state index in [2.05, 4.69) is 21.2 Å². The molecule has 1 aromatic heterocycles. The molecule has 0 radical (unpaired) electrons. The molecule has 20 heavy (non-hydrogen) atoms. The molecule has 0 bridgehead atoms. The maximum Gasteiger partial charge on any atom is 0.134 e. The number of furan rings is 1. The largest absolute Gasteiger partial charge is 0.508 e. The maximum absolute atomic E-state index is 9.47. The van der Waals surface area contributed by atoms with Crippen LogP contribution in [0.1, 0.15) is 18.7 Å². The molecule has 0 aliphatic heterocycles. The normalized spacial score (nSPS) is 12.5. The van der Waals surface area contributed by atoms with Crippen molar-refractivity contribution in [2.45, 2.75) is 13.0 Å². The standard InChI is InChI=1S/C16H14BrNO2/c1-10(18-13-3-2-4-14(19)9-13)16-8-11-7-12(17)5-6-15(11)20-16/h2-10,18-19H,1H3. The zero-order valence-electron chi connectivity index (χ0n) is 10.9. The molecular weight excluding hydrogens is 318 g/mol. The smallest absolute Gasteiger partial charge is 0.134 e. The number of hydrogen-bond acceptors (Lipinski definition) is 3. The molecule has 102 valence electrons. The van der Waals surface area contributed by atoms with Gasteiger partial charge in [-0.15, -0.1) is 0 Å². The Bertz CT molecular complexity index is 751. The quantitative estimate of drug-likeness (QED) is 0.703. The highest BCUT2D eigenvalue weighted by atomic mass is 79.9. The van der Waals surface area contributed by atoms with E-state index in [9.17, 15) is 5.11 Å². The average Bonchev–Trinajstić information content (AvgIpc) is 2.81. The highest BCUT2D eigenvalue weighted by Gasteiger charge is 2.11. The van der Waals surface area contributed by atoms with Crippen LogP contribution >= 0.6 is 15.9 Å². The molecule has 0 spiro atoms. The van der Waals surface area contributed by atoms with Crippen molar-refractivity contribution in [2.75, 3.05) is 5.32 Å². The molecule has 2 aromatic carbocycles. The number of hydrogen-bond donors (Lipinski definition) is 2. The van der Waals surface area contributed by atoms with Gasteiger partial charge < -0.3 is 14.8 Å². The molecule has 1 unspecified atom stereocenters. The van der Waals surface area contributed by atoms with E-state index in [0.717, 1.165) is 26.9 Å². The van der Waals surface area contributed by atoms with E-state index >= 15 is 0 Å². The first-order valence-corrected chi connectivity index (χ1v) is 7.16. The molecule has 0 aliphatic rings. The molecule has 0 amide bonds. The Kier molecular flexibility index (Phi) is 3.40. The first kappa shape index (κ1) is 13.1. The molecule has 0 saturated heterocycles. The second-order valence-corrected chi connectivity index (χ2v) is 5.66. The van der Waals surface area contributed by atoms with Gasteiger partial charge in [-0.1, -0.05) is 22.0 Å². The molecule has 1 atom stereocenters. The van der Waals surface area contributed by atoms with E-state index in [4.69, 9.17) is 4.42 Å². The lowest BCUT2D eigenvalue weighted by Gasteiger charge is -2.12. The van der Waals surface area contributed by atoms with Crippen molar-refractivity contribution in [2.24, 2.45) is 0 Å². The monoisotopic (exact) mass is 331 g/mol. The summed E-state index contributed by atoms with van der Waals surface area (Å²) >= 11 is 3.46. The summed E-state index contributed by atoms with van der Waals surface area (Å²) in [4.78, 5) is 0. The molecule has 2 N–H and O–H groups in total. The van der Waals surface area contributed by atoms with Gasteiger partial charge in [0.05, 0.1) is 6.04 Å². The van der Waals surface area contributed by atoms with Gasteiger partial charge in [0.2, 0.25) is 0 Å². The minimum absolute atomic E-state index is 0.0166. The Morgan fingerprint density at radius 1 is 1.15 bits per heavy atom. The number of benzene rings is 2. The Morgan fingerprint density at radius 3 is 2.80 bits per heavy atom. The fourth-order valence-corrected chi connectivity index (χ4v) is 2.54. The number of fused-ring (bicyclic) bond motifs is 1. The Balaban J connectivity index is 1.86. The highest BCUT2D eigenvalue weighted by Crippen LogP contribution is 2.28. The number of rotatable bonds is 3. The predicted octanol–water partition coefficient (Wildman–Crippen LogP) is 5.07. The van der Waals surface area contributed by atoms with E-state index in [0.29, 0.717) is 0 Å². The Morgan fingerprint density at radius 2 is 2.00 bits per heavy atom. The van der Waals surface area contributed by atoms with Crippen LogP contribution in [0.15, 0.2) is 57.4 Å². The summed E-state index contributed by atoms with van der Waals surface area (Å²) in [6, 6.07) is 15.0. The number of aromatic hydroxyl groups is 1. The third kappa shape index (κ3) is 2.65. The SMILES string of the molecule is CC(Nc1cccc(O)c1)c1cc2cc(Br)ccc2o1. The van der Waals surface area contributed by atoms with Gasteiger partial charge in [-0.25, -0.2) is 0 Å². The summed E-state index contributed by atoms with van der Waals surface area (Å²) in [5, 5.41) is 13.9. The molecule has 3 aromatic rings. The number of anilines is 1. The molecule has 1 heterocycles. The number of halogens is 1. The minimum Gasteiger partial charge on any atom is -0.508 e. The van der Waals surface area contributed by atoms with E-state index in [-0.39, 0.29) is 11.8 Å². The van der Waals surface area contributed by atoms with Crippen LogP contribution in [0.5, 0.6) is 5.75 Å². The van der Waals surface area contributed by atoms with Gasteiger partial charge in [0.1, 0.15) is 17.1 Å². The highest BCUT2D eigenvalue weighted by molar-refractivity contribution is 9.10. The summed E-state index contributed by atoms with van der Waals surface area (Å²) in [6.07, 6.45) is 0. The lowest BCUT2D eigenvalue weighted by atomic mass is 10.2. The van der Waals surface area contributed by atoms with Gasteiger partial charge in [-0.3, -0.25) is 0 Å². The van der Waals surface area contributed by atoms with Gasteiger partial charge in [-0.2, -0.15) is 0 Å². The van der Waals surface area contributed by atoms with Crippen LogP contribution in [0.3, 0.4) is 0 Å². The van der Waals surface area contributed by atoms with Gasteiger partial charge in [0, 0.05) is 21.6 Å². The van der Waals surface area contributed by atoms with Crippen LogP contribution in [-0.4, -0.2) is 5.11 Å². The Hall–Kier alpha value is -1.94. The van der Waals surface area contributed by atoms with Crippen molar-refractivity contribution >= 4 is 32.6 Å². The van der Waals surface area contributed by atoms with Gasteiger partial charge in [0.25, 0.3) is 0 Å². The second-order valence-electron chi connectivity index (χ2n) is 4.75. The van der Waals surface area contributed by atoms with Crippen molar-refractivity contribution < 1.29 is 9.52 Å². The fraction of sp³-hybridized carbons (Fsp3) is 0.125. The maximum atomic E-state index is 9.47. The first-order chi connectivity index (χ1) is 9.61. The van der Waals surface area contributed by atoms with E-state index in [1.165, 1.54) is 0 Å². The van der Waals surface area contributed by atoms with Gasteiger partial charge in [0.15, 0.2) is 0 Å². The molecule has 4 heteroatoms. The molecule has 3 nitrogen and oxygen atoms in total. The van der Waals surface area contributed by atoms with Crippen molar-refractivity contribution in [1.29, 1.82) is 0 Å². The molecular formula is C16H14BrNO2.